The first kappa shape index (κ1) is 22.9. The molecule has 0 aliphatic heterocycles. The standard InChI is InChI=1S/C27H24N4S4/c1-27(2,25-28-21(15-30(25)3)34-23-13-17-9-5-7-11-19(17)32-23)26-29-22(16-31(26)4)35-24-14-18-10-6-8-12-20(18)33-24/h5-16H,1-4H3. The summed E-state index contributed by atoms with van der Waals surface area (Å²) < 4.78 is 9.42. The van der Waals surface area contributed by atoms with Crippen molar-refractivity contribution in [2.75, 3.05) is 0 Å². The maximum Gasteiger partial charge on any atom is 0.123 e. The highest BCUT2D eigenvalue weighted by Crippen LogP contribution is 2.40. The highest BCUT2D eigenvalue weighted by molar-refractivity contribution is 8.01. The Morgan fingerprint density at radius 3 is 1.54 bits per heavy atom. The molecular weight excluding hydrogens is 509 g/mol. The van der Waals surface area contributed by atoms with Crippen molar-refractivity contribution in [1.82, 2.24) is 19.1 Å². The molecule has 0 atom stereocenters. The van der Waals surface area contributed by atoms with Gasteiger partial charge in [-0.05, 0) is 48.9 Å². The van der Waals surface area contributed by atoms with Crippen LogP contribution < -0.4 is 0 Å². The fraction of sp³-hybridized carbons (Fsp3) is 0.185. The average Bonchev–Trinajstić information content (AvgIpc) is 3.58. The maximum absolute atomic E-state index is 5.06. The minimum absolute atomic E-state index is 0.346. The monoisotopic (exact) mass is 532 g/mol. The van der Waals surface area contributed by atoms with Crippen LogP contribution in [-0.4, -0.2) is 19.1 Å². The molecule has 6 rings (SSSR count). The van der Waals surface area contributed by atoms with Crippen LogP contribution in [0.3, 0.4) is 0 Å². The van der Waals surface area contributed by atoms with Crippen LogP contribution in [0.2, 0.25) is 0 Å². The summed E-state index contributed by atoms with van der Waals surface area (Å²) in [7, 11) is 4.16. The van der Waals surface area contributed by atoms with Gasteiger partial charge in [0.1, 0.15) is 21.7 Å². The normalized spacial score (nSPS) is 12.2. The van der Waals surface area contributed by atoms with Crippen molar-refractivity contribution < 1.29 is 0 Å². The van der Waals surface area contributed by atoms with E-state index < -0.39 is 0 Å². The smallest absolute Gasteiger partial charge is 0.123 e. The van der Waals surface area contributed by atoms with Gasteiger partial charge in [-0.2, -0.15) is 0 Å². The van der Waals surface area contributed by atoms with Crippen molar-refractivity contribution in [3.8, 4) is 0 Å². The summed E-state index contributed by atoms with van der Waals surface area (Å²) >= 11 is 7.09. The Balaban J connectivity index is 1.27. The van der Waals surface area contributed by atoms with Gasteiger partial charge in [-0.15, -0.1) is 22.7 Å². The van der Waals surface area contributed by atoms with Gasteiger partial charge in [0, 0.05) is 35.9 Å². The van der Waals surface area contributed by atoms with E-state index in [1.54, 1.807) is 23.5 Å². The molecule has 0 aliphatic carbocycles. The zero-order valence-corrected chi connectivity index (χ0v) is 23.1. The van der Waals surface area contributed by atoms with Crippen LogP contribution in [0.15, 0.2) is 91.5 Å². The quantitative estimate of drug-likeness (QED) is 0.216. The first-order valence-corrected chi connectivity index (χ1v) is 14.5. The van der Waals surface area contributed by atoms with Gasteiger partial charge >= 0.3 is 0 Å². The number of benzene rings is 2. The molecule has 0 amide bonds. The van der Waals surface area contributed by atoms with Crippen LogP contribution in [0.25, 0.3) is 20.2 Å². The van der Waals surface area contributed by atoms with Crippen molar-refractivity contribution >= 4 is 66.4 Å². The summed E-state index contributed by atoms with van der Waals surface area (Å²) in [5.41, 5.74) is -0.346. The Morgan fingerprint density at radius 2 is 1.11 bits per heavy atom. The lowest BCUT2D eigenvalue weighted by atomic mass is 9.91. The summed E-state index contributed by atoms with van der Waals surface area (Å²) in [6.07, 6.45) is 4.25. The lowest BCUT2D eigenvalue weighted by Crippen LogP contribution is -2.27. The van der Waals surface area contributed by atoms with Crippen LogP contribution in [0.1, 0.15) is 25.5 Å². The summed E-state index contributed by atoms with van der Waals surface area (Å²) in [6.45, 7) is 4.42. The van der Waals surface area contributed by atoms with E-state index in [2.05, 4.69) is 110 Å². The lowest BCUT2D eigenvalue weighted by molar-refractivity contribution is 0.507. The molecule has 176 valence electrons. The molecule has 0 aliphatic rings. The molecule has 0 saturated carbocycles. The SMILES string of the molecule is Cn1cc(Sc2cc3ccccc3s2)nc1C(C)(C)c1nc(Sc2cc3ccccc3s2)cn1C. The van der Waals surface area contributed by atoms with E-state index in [-0.39, 0.29) is 5.41 Å². The molecule has 4 heterocycles. The van der Waals surface area contributed by atoms with Crippen LogP contribution in [0.4, 0.5) is 0 Å². The second-order valence-electron chi connectivity index (χ2n) is 9.06. The van der Waals surface area contributed by atoms with Gasteiger partial charge in [0.05, 0.1) is 13.8 Å². The molecule has 0 unspecified atom stereocenters. The van der Waals surface area contributed by atoms with E-state index in [4.69, 9.17) is 9.97 Å². The van der Waals surface area contributed by atoms with Gasteiger partial charge in [-0.25, -0.2) is 9.97 Å². The fourth-order valence-electron chi connectivity index (χ4n) is 4.46. The highest BCUT2D eigenvalue weighted by atomic mass is 32.2. The topological polar surface area (TPSA) is 35.6 Å². The minimum atomic E-state index is -0.346. The van der Waals surface area contributed by atoms with Crippen LogP contribution in [-0.2, 0) is 19.5 Å². The molecule has 0 spiro atoms. The van der Waals surface area contributed by atoms with E-state index in [1.807, 2.05) is 22.7 Å². The van der Waals surface area contributed by atoms with Crippen molar-refractivity contribution in [2.24, 2.45) is 14.1 Å². The number of imidazole rings is 2. The van der Waals surface area contributed by atoms with Crippen molar-refractivity contribution in [1.29, 1.82) is 0 Å². The van der Waals surface area contributed by atoms with Crippen LogP contribution >= 0.6 is 46.2 Å². The molecule has 0 N–H and O–H groups in total. The molecule has 8 heteroatoms. The maximum atomic E-state index is 5.06. The Hall–Kier alpha value is -2.52. The fourth-order valence-corrected chi connectivity index (χ4v) is 8.90. The van der Waals surface area contributed by atoms with E-state index in [1.165, 1.54) is 28.6 Å². The number of thiophene rings is 2. The minimum Gasteiger partial charge on any atom is -0.336 e. The van der Waals surface area contributed by atoms with Crippen LogP contribution in [0, 0.1) is 0 Å². The highest BCUT2D eigenvalue weighted by Gasteiger charge is 2.33. The van der Waals surface area contributed by atoms with Crippen molar-refractivity contribution in [3.05, 3.63) is 84.7 Å². The number of rotatable bonds is 6. The predicted molar refractivity (Wildman–Crippen MR) is 150 cm³/mol. The average molecular weight is 533 g/mol. The summed E-state index contributed by atoms with van der Waals surface area (Å²) in [5.74, 6) is 2.02. The Labute approximate surface area is 221 Å². The molecular formula is C27H24N4S4. The molecule has 0 radical (unpaired) electrons. The van der Waals surface area contributed by atoms with Crippen molar-refractivity contribution in [3.63, 3.8) is 0 Å². The second kappa shape index (κ2) is 8.85. The first-order valence-electron chi connectivity index (χ1n) is 11.3. The first-order chi connectivity index (χ1) is 16.9. The Bertz CT molecular complexity index is 1480. The summed E-state index contributed by atoms with van der Waals surface area (Å²) in [6, 6.07) is 21.5. The Kier molecular flexibility index (Phi) is 5.79. The van der Waals surface area contributed by atoms with Gasteiger partial charge in [-0.3, -0.25) is 0 Å². The summed E-state index contributed by atoms with van der Waals surface area (Å²) in [5, 5.41) is 4.59. The molecule has 6 aromatic rings. The zero-order valence-electron chi connectivity index (χ0n) is 19.9. The van der Waals surface area contributed by atoms with Gasteiger partial charge < -0.3 is 9.13 Å². The molecule has 4 nitrogen and oxygen atoms in total. The third-order valence-corrected chi connectivity index (χ3v) is 10.3. The predicted octanol–water partition coefficient (Wildman–Crippen LogP) is 8.21. The molecule has 2 aromatic carbocycles. The molecule has 0 fully saturated rings. The lowest BCUT2D eigenvalue weighted by Gasteiger charge is -2.23. The number of hydrogen-bond donors (Lipinski definition) is 0. The van der Waals surface area contributed by atoms with Gasteiger partial charge in [-0.1, -0.05) is 59.9 Å². The van der Waals surface area contributed by atoms with E-state index in [0.29, 0.717) is 0 Å². The number of fused-ring (bicyclic) bond motifs is 2. The molecule has 4 aromatic heterocycles. The molecule has 0 saturated heterocycles. The van der Waals surface area contributed by atoms with Gasteiger partial charge in [0.15, 0.2) is 0 Å². The second-order valence-corrected chi connectivity index (χ2v) is 13.9. The largest absolute Gasteiger partial charge is 0.336 e. The number of hydrogen-bond acceptors (Lipinski definition) is 6. The summed E-state index contributed by atoms with van der Waals surface area (Å²) in [4.78, 5) is 10.1. The number of aromatic nitrogens is 4. The zero-order chi connectivity index (χ0) is 24.2. The van der Waals surface area contributed by atoms with Crippen molar-refractivity contribution in [2.45, 2.75) is 37.7 Å². The van der Waals surface area contributed by atoms with Gasteiger partial charge in [0.25, 0.3) is 0 Å². The van der Waals surface area contributed by atoms with E-state index in [0.717, 1.165) is 21.7 Å². The number of aryl methyl sites for hydroxylation is 2. The molecule has 0 bridgehead atoms. The third kappa shape index (κ3) is 4.33. The molecule has 35 heavy (non-hydrogen) atoms. The third-order valence-electron chi connectivity index (χ3n) is 6.04. The van der Waals surface area contributed by atoms with Crippen LogP contribution in [0.5, 0.6) is 0 Å². The van der Waals surface area contributed by atoms with E-state index in [9.17, 15) is 0 Å². The number of nitrogens with zero attached hydrogens (tertiary/aromatic N) is 4. The Morgan fingerprint density at radius 1 is 0.686 bits per heavy atom. The van der Waals surface area contributed by atoms with Gasteiger partial charge in [0.2, 0.25) is 0 Å². The van der Waals surface area contributed by atoms with E-state index >= 15 is 0 Å².